The van der Waals surface area contributed by atoms with E-state index < -0.39 is 6.10 Å². The van der Waals surface area contributed by atoms with E-state index in [4.69, 9.17) is 4.74 Å². The number of likely N-dealkylation sites (tertiary alicyclic amines) is 1. The summed E-state index contributed by atoms with van der Waals surface area (Å²) in [7, 11) is 1.82. The third kappa shape index (κ3) is 3.41. The minimum atomic E-state index is -0.612. The predicted molar refractivity (Wildman–Crippen MR) is 107 cm³/mol. The van der Waals surface area contributed by atoms with E-state index in [0.717, 1.165) is 11.0 Å². The van der Waals surface area contributed by atoms with Crippen LogP contribution in [0.2, 0.25) is 0 Å². The zero-order valence-corrected chi connectivity index (χ0v) is 16.6. The van der Waals surface area contributed by atoms with Crippen molar-refractivity contribution in [3.63, 3.8) is 0 Å². The van der Waals surface area contributed by atoms with E-state index in [0.29, 0.717) is 37.2 Å². The van der Waals surface area contributed by atoms with E-state index in [1.54, 1.807) is 29.2 Å². The van der Waals surface area contributed by atoms with Gasteiger partial charge in [0.05, 0.1) is 23.4 Å². The summed E-state index contributed by atoms with van der Waals surface area (Å²) in [4.78, 5) is 19.3. The molecule has 1 aromatic carbocycles. The van der Waals surface area contributed by atoms with Crippen LogP contribution >= 0.6 is 0 Å². The van der Waals surface area contributed by atoms with Gasteiger partial charge in [0.25, 0.3) is 5.91 Å². The van der Waals surface area contributed by atoms with Crippen molar-refractivity contribution in [2.75, 3.05) is 13.1 Å². The van der Waals surface area contributed by atoms with Crippen LogP contribution < -0.4 is 4.74 Å². The van der Waals surface area contributed by atoms with Gasteiger partial charge in [-0.25, -0.2) is 4.39 Å². The van der Waals surface area contributed by atoms with Crippen LogP contribution in [0.4, 0.5) is 4.39 Å². The number of ether oxygens (including phenoxy) is 1. The van der Waals surface area contributed by atoms with Gasteiger partial charge in [0.2, 0.25) is 0 Å². The highest BCUT2D eigenvalue weighted by molar-refractivity contribution is 5.96. The maximum absolute atomic E-state index is 13.1. The summed E-state index contributed by atoms with van der Waals surface area (Å²) in [5, 5.41) is 14.8. The molecule has 5 rings (SSSR count). The molecule has 2 aliphatic rings. The summed E-state index contributed by atoms with van der Waals surface area (Å²) in [6, 6.07) is 7.65. The van der Waals surface area contributed by atoms with Crippen molar-refractivity contribution >= 4 is 16.9 Å². The molecule has 1 aliphatic carbocycles. The molecule has 0 spiro atoms. The molecule has 156 valence electrons. The van der Waals surface area contributed by atoms with Crippen LogP contribution in [0.5, 0.6) is 5.75 Å². The number of aromatic nitrogens is 3. The second-order valence-electron chi connectivity index (χ2n) is 8.28. The first kappa shape index (κ1) is 19.0. The van der Waals surface area contributed by atoms with Gasteiger partial charge in [0.15, 0.2) is 0 Å². The van der Waals surface area contributed by atoms with Gasteiger partial charge in [-0.15, -0.1) is 0 Å². The van der Waals surface area contributed by atoms with Crippen LogP contribution in [0.1, 0.15) is 23.2 Å². The molecule has 3 heterocycles. The summed E-state index contributed by atoms with van der Waals surface area (Å²) < 4.78 is 20.7. The highest BCUT2D eigenvalue weighted by atomic mass is 19.1. The molecule has 0 unspecified atom stereocenters. The second-order valence-corrected chi connectivity index (χ2v) is 8.28. The van der Waals surface area contributed by atoms with Crippen LogP contribution in [0.25, 0.3) is 11.0 Å². The van der Waals surface area contributed by atoms with Crippen molar-refractivity contribution in [1.29, 1.82) is 0 Å². The third-order valence-corrected chi connectivity index (χ3v) is 6.32. The first-order valence-corrected chi connectivity index (χ1v) is 10.2. The predicted octanol–water partition coefficient (Wildman–Crippen LogP) is 2.40. The largest absolute Gasteiger partial charge is 0.488 e. The van der Waals surface area contributed by atoms with Crippen LogP contribution in [-0.2, 0) is 7.05 Å². The van der Waals surface area contributed by atoms with Crippen molar-refractivity contribution in [2.45, 2.75) is 25.0 Å². The summed E-state index contributed by atoms with van der Waals surface area (Å²) in [6.45, 7) is 1.25. The van der Waals surface area contributed by atoms with E-state index in [-0.39, 0.29) is 29.7 Å². The number of rotatable bonds is 3. The van der Waals surface area contributed by atoms with Gasteiger partial charge < -0.3 is 14.7 Å². The van der Waals surface area contributed by atoms with E-state index in [1.165, 1.54) is 12.1 Å². The second kappa shape index (κ2) is 7.36. The first-order valence-electron chi connectivity index (χ1n) is 10.2. The molecule has 0 bridgehead atoms. The number of hydrogen-bond acceptors (Lipinski definition) is 5. The molecule has 2 fully saturated rings. The van der Waals surface area contributed by atoms with Gasteiger partial charge in [-0.1, -0.05) is 0 Å². The minimum Gasteiger partial charge on any atom is -0.488 e. The molecule has 1 aliphatic heterocycles. The van der Waals surface area contributed by atoms with Gasteiger partial charge in [-0.3, -0.25) is 14.5 Å². The number of carbonyl (C=O) groups is 1. The molecule has 1 saturated carbocycles. The van der Waals surface area contributed by atoms with E-state index in [1.807, 2.05) is 18.0 Å². The maximum atomic E-state index is 13.1. The molecule has 1 N–H and O–H groups in total. The summed E-state index contributed by atoms with van der Waals surface area (Å²) in [5.74, 6) is 0.669. The van der Waals surface area contributed by atoms with Crippen molar-refractivity contribution in [2.24, 2.45) is 18.9 Å². The Balaban J connectivity index is 1.28. The number of pyridine rings is 1. The molecule has 1 saturated heterocycles. The zero-order chi connectivity index (χ0) is 20.8. The molecule has 4 atom stereocenters. The molecule has 1 amide bonds. The number of aliphatic hydroxyl groups excluding tert-OH is 1. The van der Waals surface area contributed by atoms with Crippen molar-refractivity contribution in [3.8, 4) is 5.75 Å². The Morgan fingerprint density at radius 2 is 1.90 bits per heavy atom. The number of amides is 1. The fourth-order valence-electron chi connectivity index (χ4n) is 4.70. The highest BCUT2D eigenvalue weighted by Gasteiger charge is 2.44. The average molecular weight is 410 g/mol. The molecule has 8 heteroatoms. The van der Waals surface area contributed by atoms with E-state index in [9.17, 15) is 14.3 Å². The molecule has 0 radical (unpaired) electrons. The Kier molecular flexibility index (Phi) is 4.66. The topological polar surface area (TPSA) is 80.5 Å². The lowest BCUT2D eigenvalue weighted by Gasteiger charge is -2.35. The number of nitrogens with zero attached hydrogens (tertiary/aromatic N) is 4. The van der Waals surface area contributed by atoms with Crippen LogP contribution in [0.15, 0.2) is 42.7 Å². The number of benzene rings is 1. The standard InChI is InChI=1S/C22H23FN4O3/c1-26-19-6-13(9-24-18(19)10-25-26)22(29)27-11-14-7-20(28)21(8-15(14)12-27)30-17-4-2-16(23)3-5-17/h2-6,9-10,14-15,20-21,28H,7-8,11-12H2,1H3/t14-,15+,20+,21+/m0/s1. The first-order chi connectivity index (χ1) is 14.5. The quantitative estimate of drug-likeness (QED) is 0.717. The van der Waals surface area contributed by atoms with Crippen LogP contribution in [-0.4, -0.2) is 56.0 Å². The SMILES string of the molecule is Cn1ncc2ncc(C(=O)N3C[C@H]4C[C@@H](Oc5ccc(F)cc5)[C@H](O)C[C@H]4C3)cc21. The fourth-order valence-corrected chi connectivity index (χ4v) is 4.70. The molecular formula is C22H23FN4O3. The normalized spacial score (nSPS) is 26.0. The Hall–Kier alpha value is -3.00. The van der Waals surface area contributed by atoms with Gasteiger partial charge in [-0.05, 0) is 55.0 Å². The highest BCUT2D eigenvalue weighted by Crippen LogP contribution is 2.38. The average Bonchev–Trinajstić information content (AvgIpc) is 3.32. The molecule has 30 heavy (non-hydrogen) atoms. The number of fused-ring (bicyclic) bond motifs is 2. The lowest BCUT2D eigenvalue weighted by atomic mass is 9.78. The Morgan fingerprint density at radius 1 is 1.17 bits per heavy atom. The smallest absolute Gasteiger partial charge is 0.255 e. The molecular weight excluding hydrogens is 387 g/mol. The maximum Gasteiger partial charge on any atom is 0.255 e. The minimum absolute atomic E-state index is 0.0505. The van der Waals surface area contributed by atoms with Gasteiger partial charge in [0, 0.05) is 26.3 Å². The number of aliphatic hydroxyl groups is 1. The van der Waals surface area contributed by atoms with Gasteiger partial charge in [-0.2, -0.15) is 5.10 Å². The number of carbonyl (C=O) groups excluding carboxylic acids is 1. The molecule has 3 aromatic rings. The Bertz CT molecular complexity index is 1080. The summed E-state index contributed by atoms with van der Waals surface area (Å²) in [6.07, 6.45) is 3.55. The van der Waals surface area contributed by atoms with Crippen molar-refractivity contribution < 1.29 is 19.0 Å². The van der Waals surface area contributed by atoms with E-state index in [2.05, 4.69) is 10.1 Å². The monoisotopic (exact) mass is 410 g/mol. The lowest BCUT2D eigenvalue weighted by molar-refractivity contribution is -0.0231. The Labute approximate surface area is 173 Å². The Morgan fingerprint density at radius 3 is 2.67 bits per heavy atom. The van der Waals surface area contributed by atoms with Crippen LogP contribution in [0.3, 0.4) is 0 Å². The van der Waals surface area contributed by atoms with Gasteiger partial charge in [0.1, 0.15) is 23.2 Å². The van der Waals surface area contributed by atoms with E-state index >= 15 is 0 Å². The van der Waals surface area contributed by atoms with Crippen molar-refractivity contribution in [1.82, 2.24) is 19.7 Å². The number of halogens is 1. The molecule has 7 nitrogen and oxygen atoms in total. The number of hydrogen-bond donors (Lipinski definition) is 1. The van der Waals surface area contributed by atoms with Crippen LogP contribution in [0, 0.1) is 17.7 Å². The summed E-state index contributed by atoms with van der Waals surface area (Å²) >= 11 is 0. The molecule has 2 aromatic heterocycles. The van der Waals surface area contributed by atoms with Crippen molar-refractivity contribution in [3.05, 3.63) is 54.1 Å². The third-order valence-electron chi connectivity index (χ3n) is 6.32. The van der Waals surface area contributed by atoms with Gasteiger partial charge >= 0.3 is 0 Å². The summed E-state index contributed by atoms with van der Waals surface area (Å²) in [5.41, 5.74) is 2.12. The zero-order valence-electron chi connectivity index (χ0n) is 16.6. The lowest BCUT2D eigenvalue weighted by Crippen LogP contribution is -2.42. The number of aryl methyl sites for hydroxylation is 1. The fraction of sp³-hybridized carbons (Fsp3) is 0.409.